The Bertz CT molecular complexity index is 331. The van der Waals surface area contributed by atoms with Gasteiger partial charge in [0.15, 0.2) is 0 Å². The monoisotopic (exact) mass is 273 g/mol. The van der Waals surface area contributed by atoms with Crippen molar-refractivity contribution >= 4 is 0 Å². The first kappa shape index (κ1) is 15.9. The van der Waals surface area contributed by atoms with Crippen LogP contribution in [0.5, 0.6) is 5.75 Å². The van der Waals surface area contributed by atoms with Crippen LogP contribution < -0.4 is 10.1 Å². The van der Waals surface area contributed by atoms with E-state index in [1.54, 1.807) is 24.3 Å². The lowest BCUT2D eigenvalue weighted by atomic mass is 10.2. The highest BCUT2D eigenvalue weighted by atomic mass is 19.3. The molecule has 1 rings (SSSR count). The Morgan fingerprint density at radius 3 is 2.53 bits per heavy atom. The highest BCUT2D eigenvalue weighted by Crippen LogP contribution is 2.14. The molecule has 0 radical (unpaired) electrons. The number of halogens is 2. The third-order valence-corrected chi connectivity index (χ3v) is 2.47. The van der Waals surface area contributed by atoms with Gasteiger partial charge in [-0.1, -0.05) is 19.1 Å². The number of alkyl halides is 2. The smallest absolute Gasteiger partial charge is 0.387 e. The Labute approximate surface area is 112 Å². The largest absolute Gasteiger partial charge is 0.435 e. The van der Waals surface area contributed by atoms with E-state index < -0.39 is 6.61 Å². The zero-order valence-corrected chi connectivity index (χ0v) is 11.2. The van der Waals surface area contributed by atoms with Gasteiger partial charge in [-0.25, -0.2) is 0 Å². The molecule has 0 spiro atoms. The molecule has 108 valence electrons. The Hall–Kier alpha value is -1.20. The second-order valence-electron chi connectivity index (χ2n) is 4.17. The van der Waals surface area contributed by atoms with Gasteiger partial charge in [-0.15, -0.1) is 0 Å². The fourth-order valence-corrected chi connectivity index (χ4v) is 1.57. The van der Waals surface area contributed by atoms with Gasteiger partial charge >= 0.3 is 6.61 Å². The topological polar surface area (TPSA) is 30.5 Å². The average molecular weight is 273 g/mol. The van der Waals surface area contributed by atoms with Crippen molar-refractivity contribution in [1.82, 2.24) is 5.32 Å². The van der Waals surface area contributed by atoms with E-state index >= 15 is 0 Å². The molecule has 0 amide bonds. The predicted molar refractivity (Wildman–Crippen MR) is 70.5 cm³/mol. The van der Waals surface area contributed by atoms with Crippen LogP contribution in [0.2, 0.25) is 0 Å². The molecule has 19 heavy (non-hydrogen) atoms. The summed E-state index contributed by atoms with van der Waals surface area (Å²) in [5, 5.41) is 3.27. The summed E-state index contributed by atoms with van der Waals surface area (Å²) in [5.74, 6) is 0.187. The lowest BCUT2D eigenvalue weighted by Gasteiger charge is -2.07. The highest BCUT2D eigenvalue weighted by Gasteiger charge is 2.03. The molecule has 1 N–H and O–H groups in total. The SMILES string of the molecule is CCCOCCCNCc1ccc(OC(F)F)cc1. The van der Waals surface area contributed by atoms with Gasteiger partial charge in [0.05, 0.1) is 0 Å². The fraction of sp³-hybridized carbons (Fsp3) is 0.571. The van der Waals surface area contributed by atoms with E-state index in [9.17, 15) is 8.78 Å². The number of rotatable bonds is 10. The van der Waals surface area contributed by atoms with Crippen LogP contribution in [0.4, 0.5) is 8.78 Å². The summed E-state index contributed by atoms with van der Waals surface area (Å²) in [5.41, 5.74) is 1.04. The summed E-state index contributed by atoms with van der Waals surface area (Å²) in [7, 11) is 0. The minimum absolute atomic E-state index is 0.187. The normalized spacial score (nSPS) is 10.9. The van der Waals surface area contributed by atoms with Gasteiger partial charge in [0.1, 0.15) is 5.75 Å². The molecule has 0 heterocycles. The second kappa shape index (κ2) is 9.69. The lowest BCUT2D eigenvalue weighted by Crippen LogP contribution is -2.16. The van der Waals surface area contributed by atoms with Gasteiger partial charge in [-0.2, -0.15) is 8.78 Å². The van der Waals surface area contributed by atoms with Crippen molar-refractivity contribution in [2.45, 2.75) is 32.9 Å². The first-order chi connectivity index (χ1) is 9.22. The molecule has 0 unspecified atom stereocenters. The maximum absolute atomic E-state index is 12.0. The minimum atomic E-state index is -2.77. The number of ether oxygens (including phenoxy) is 2. The molecule has 0 aliphatic carbocycles. The molecular formula is C14H21F2NO2. The van der Waals surface area contributed by atoms with Crippen molar-refractivity contribution in [2.75, 3.05) is 19.8 Å². The summed E-state index contributed by atoms with van der Waals surface area (Å²) in [4.78, 5) is 0. The second-order valence-corrected chi connectivity index (χ2v) is 4.17. The van der Waals surface area contributed by atoms with Gasteiger partial charge in [-0.3, -0.25) is 0 Å². The van der Waals surface area contributed by atoms with Crippen LogP contribution in [0.15, 0.2) is 24.3 Å². The Morgan fingerprint density at radius 1 is 1.16 bits per heavy atom. The summed E-state index contributed by atoms with van der Waals surface area (Å²) >= 11 is 0. The van der Waals surface area contributed by atoms with E-state index in [1.165, 1.54) is 0 Å². The average Bonchev–Trinajstić information content (AvgIpc) is 2.39. The van der Waals surface area contributed by atoms with E-state index in [2.05, 4.69) is 17.0 Å². The summed E-state index contributed by atoms with van der Waals surface area (Å²) in [6.07, 6.45) is 2.01. The number of hydrogen-bond donors (Lipinski definition) is 1. The third-order valence-electron chi connectivity index (χ3n) is 2.47. The van der Waals surface area contributed by atoms with Gasteiger partial charge in [0.25, 0.3) is 0 Å². The van der Waals surface area contributed by atoms with Crippen LogP contribution >= 0.6 is 0 Å². The molecule has 0 atom stereocenters. The van der Waals surface area contributed by atoms with Crippen LogP contribution in [-0.2, 0) is 11.3 Å². The Balaban J connectivity index is 2.12. The molecular weight excluding hydrogens is 252 g/mol. The number of nitrogens with one attached hydrogen (secondary N) is 1. The van der Waals surface area contributed by atoms with Gasteiger partial charge < -0.3 is 14.8 Å². The standard InChI is InChI=1S/C14H21F2NO2/c1-2-9-18-10-3-8-17-11-12-4-6-13(7-5-12)19-14(15)16/h4-7,14,17H,2-3,8-11H2,1H3. The Morgan fingerprint density at radius 2 is 1.89 bits per heavy atom. The van der Waals surface area contributed by atoms with Crippen LogP contribution in [0.1, 0.15) is 25.3 Å². The van der Waals surface area contributed by atoms with Crippen LogP contribution in [0.25, 0.3) is 0 Å². The Kier molecular flexibility index (Phi) is 8.09. The van der Waals surface area contributed by atoms with Gasteiger partial charge in [0, 0.05) is 19.8 Å². The predicted octanol–water partition coefficient (Wildman–Crippen LogP) is 3.19. The van der Waals surface area contributed by atoms with E-state index in [-0.39, 0.29) is 5.75 Å². The van der Waals surface area contributed by atoms with Gasteiger partial charge in [-0.05, 0) is 37.1 Å². The first-order valence-corrected chi connectivity index (χ1v) is 6.54. The summed E-state index contributed by atoms with van der Waals surface area (Å²) in [6.45, 7) is 2.47. The zero-order valence-electron chi connectivity index (χ0n) is 11.2. The van der Waals surface area contributed by atoms with Crippen molar-refractivity contribution in [1.29, 1.82) is 0 Å². The molecule has 1 aromatic carbocycles. The van der Waals surface area contributed by atoms with Crippen molar-refractivity contribution in [2.24, 2.45) is 0 Å². The molecule has 5 heteroatoms. The van der Waals surface area contributed by atoms with Crippen molar-refractivity contribution in [3.63, 3.8) is 0 Å². The molecule has 0 bridgehead atoms. The molecule has 0 saturated carbocycles. The van der Waals surface area contributed by atoms with E-state index in [4.69, 9.17) is 4.74 Å². The van der Waals surface area contributed by atoms with Crippen LogP contribution in [0.3, 0.4) is 0 Å². The zero-order chi connectivity index (χ0) is 13.9. The quantitative estimate of drug-likeness (QED) is 0.664. The van der Waals surface area contributed by atoms with E-state index in [0.29, 0.717) is 6.54 Å². The molecule has 0 aliphatic rings. The maximum Gasteiger partial charge on any atom is 0.387 e. The highest BCUT2D eigenvalue weighted by molar-refractivity contribution is 5.27. The minimum Gasteiger partial charge on any atom is -0.435 e. The first-order valence-electron chi connectivity index (χ1n) is 6.54. The van der Waals surface area contributed by atoms with Crippen molar-refractivity contribution in [3.8, 4) is 5.75 Å². The molecule has 0 fully saturated rings. The van der Waals surface area contributed by atoms with E-state index in [0.717, 1.165) is 38.2 Å². The fourth-order valence-electron chi connectivity index (χ4n) is 1.57. The van der Waals surface area contributed by atoms with Crippen LogP contribution in [0, 0.1) is 0 Å². The molecule has 1 aromatic rings. The van der Waals surface area contributed by atoms with Crippen molar-refractivity contribution < 1.29 is 18.3 Å². The molecule has 0 aromatic heterocycles. The third kappa shape index (κ3) is 7.74. The lowest BCUT2D eigenvalue weighted by molar-refractivity contribution is -0.0498. The van der Waals surface area contributed by atoms with Crippen molar-refractivity contribution in [3.05, 3.63) is 29.8 Å². The molecule has 0 aliphatic heterocycles. The maximum atomic E-state index is 12.0. The van der Waals surface area contributed by atoms with E-state index in [1.807, 2.05) is 0 Å². The number of benzene rings is 1. The molecule has 0 saturated heterocycles. The number of hydrogen-bond acceptors (Lipinski definition) is 3. The summed E-state index contributed by atoms with van der Waals surface area (Å²) in [6, 6.07) is 6.65. The van der Waals surface area contributed by atoms with Gasteiger partial charge in [0.2, 0.25) is 0 Å². The summed E-state index contributed by atoms with van der Waals surface area (Å²) < 4.78 is 33.5. The molecule has 3 nitrogen and oxygen atoms in total. The van der Waals surface area contributed by atoms with Crippen LogP contribution in [-0.4, -0.2) is 26.4 Å².